The van der Waals surface area contributed by atoms with Gasteiger partial charge in [0, 0.05) is 6.42 Å². The van der Waals surface area contributed by atoms with Gasteiger partial charge in [-0.3, -0.25) is 4.79 Å². The lowest BCUT2D eigenvalue weighted by Crippen LogP contribution is -2.14. The molecule has 0 bridgehead atoms. The summed E-state index contributed by atoms with van der Waals surface area (Å²) in [4.78, 5) is 17.8. The molecular formula is C21H21FN2O2S. The Morgan fingerprint density at radius 1 is 1.19 bits per heavy atom. The van der Waals surface area contributed by atoms with Gasteiger partial charge in [-0.1, -0.05) is 24.3 Å². The third kappa shape index (κ3) is 4.92. The summed E-state index contributed by atoms with van der Waals surface area (Å²) < 4.78 is 18.8. The molecule has 0 spiro atoms. The number of carbonyl (C=O) groups excluding carboxylic acids is 1. The number of anilines is 1. The zero-order valence-electron chi connectivity index (χ0n) is 15.5. The number of amides is 1. The van der Waals surface area contributed by atoms with Crippen molar-refractivity contribution in [3.05, 3.63) is 75.5 Å². The molecular weight excluding hydrogens is 363 g/mol. The lowest BCUT2D eigenvalue weighted by Gasteiger charge is -2.14. The SMILES string of the molecule is Cc1nc(Cc2ccc(F)cc2)sc1C(=O)Nc1ccccc1OC(C)C. The minimum atomic E-state index is -0.267. The van der Waals surface area contributed by atoms with Crippen LogP contribution in [-0.2, 0) is 6.42 Å². The summed E-state index contributed by atoms with van der Waals surface area (Å²) in [6.07, 6.45) is 0.571. The van der Waals surface area contributed by atoms with E-state index < -0.39 is 0 Å². The summed E-state index contributed by atoms with van der Waals surface area (Å²) in [5.41, 5.74) is 2.26. The molecule has 0 atom stereocenters. The highest BCUT2D eigenvalue weighted by Crippen LogP contribution is 2.27. The number of hydrogen-bond acceptors (Lipinski definition) is 4. The Morgan fingerprint density at radius 2 is 1.89 bits per heavy atom. The maximum atomic E-state index is 13.0. The van der Waals surface area contributed by atoms with Crippen LogP contribution < -0.4 is 10.1 Å². The van der Waals surface area contributed by atoms with Crippen LogP contribution >= 0.6 is 11.3 Å². The number of benzene rings is 2. The van der Waals surface area contributed by atoms with Crippen LogP contribution in [-0.4, -0.2) is 17.0 Å². The molecule has 0 saturated carbocycles. The summed E-state index contributed by atoms with van der Waals surface area (Å²) in [7, 11) is 0. The van der Waals surface area contributed by atoms with Crippen molar-refractivity contribution < 1.29 is 13.9 Å². The van der Waals surface area contributed by atoms with Gasteiger partial charge in [-0.05, 0) is 50.6 Å². The lowest BCUT2D eigenvalue weighted by molar-refractivity contribution is 0.102. The smallest absolute Gasteiger partial charge is 0.267 e. The van der Waals surface area contributed by atoms with Gasteiger partial charge >= 0.3 is 0 Å². The van der Waals surface area contributed by atoms with Crippen molar-refractivity contribution in [1.29, 1.82) is 0 Å². The minimum Gasteiger partial charge on any atom is -0.489 e. The normalized spacial score (nSPS) is 10.9. The molecule has 6 heteroatoms. The fourth-order valence-electron chi connectivity index (χ4n) is 2.62. The maximum absolute atomic E-state index is 13.0. The molecule has 0 aliphatic heterocycles. The van der Waals surface area contributed by atoms with Gasteiger partial charge in [-0.15, -0.1) is 11.3 Å². The monoisotopic (exact) mass is 384 g/mol. The van der Waals surface area contributed by atoms with Crippen molar-refractivity contribution in [2.24, 2.45) is 0 Å². The maximum Gasteiger partial charge on any atom is 0.267 e. The highest BCUT2D eigenvalue weighted by atomic mass is 32.1. The van der Waals surface area contributed by atoms with E-state index in [9.17, 15) is 9.18 Å². The first-order valence-electron chi connectivity index (χ1n) is 8.70. The first-order valence-corrected chi connectivity index (χ1v) is 9.52. The third-order valence-corrected chi connectivity index (χ3v) is 4.97. The van der Waals surface area contributed by atoms with Crippen LogP contribution in [0.5, 0.6) is 5.75 Å². The lowest BCUT2D eigenvalue weighted by atomic mass is 10.1. The van der Waals surface area contributed by atoms with Gasteiger partial charge in [0.25, 0.3) is 5.91 Å². The first kappa shape index (κ1) is 19.0. The average molecular weight is 384 g/mol. The van der Waals surface area contributed by atoms with E-state index in [1.54, 1.807) is 12.1 Å². The molecule has 1 aromatic heterocycles. The number of halogens is 1. The topological polar surface area (TPSA) is 51.2 Å². The summed E-state index contributed by atoms with van der Waals surface area (Å²) in [5.74, 6) is 0.154. The van der Waals surface area contributed by atoms with Crippen LogP contribution in [0.15, 0.2) is 48.5 Å². The number of aryl methyl sites for hydroxylation is 1. The van der Waals surface area contributed by atoms with Crippen LogP contribution in [0.2, 0.25) is 0 Å². The van der Waals surface area contributed by atoms with Crippen LogP contribution in [0.25, 0.3) is 0 Å². The molecule has 27 heavy (non-hydrogen) atoms. The molecule has 0 radical (unpaired) electrons. The van der Waals surface area contributed by atoms with E-state index >= 15 is 0 Å². The number of nitrogens with zero attached hydrogens (tertiary/aromatic N) is 1. The van der Waals surface area contributed by atoms with Crippen molar-refractivity contribution in [2.75, 3.05) is 5.32 Å². The predicted octanol–water partition coefficient (Wildman–Crippen LogP) is 5.22. The fourth-order valence-corrected chi connectivity index (χ4v) is 3.62. The number of hydrogen-bond donors (Lipinski definition) is 1. The largest absolute Gasteiger partial charge is 0.489 e. The summed E-state index contributed by atoms with van der Waals surface area (Å²) >= 11 is 1.35. The Labute approximate surface area is 162 Å². The van der Waals surface area contributed by atoms with Gasteiger partial charge in [-0.25, -0.2) is 9.37 Å². The van der Waals surface area contributed by atoms with Gasteiger partial charge in [-0.2, -0.15) is 0 Å². The molecule has 140 valence electrons. The first-order chi connectivity index (χ1) is 12.9. The number of carbonyl (C=O) groups is 1. The zero-order chi connectivity index (χ0) is 19.4. The molecule has 1 heterocycles. The van der Waals surface area contributed by atoms with Crippen molar-refractivity contribution in [3.63, 3.8) is 0 Å². The number of rotatable bonds is 6. The Balaban J connectivity index is 1.76. The Hall–Kier alpha value is -2.73. The molecule has 1 amide bonds. The Bertz CT molecular complexity index is 936. The highest BCUT2D eigenvalue weighted by molar-refractivity contribution is 7.14. The Kier molecular flexibility index (Phi) is 5.86. The van der Waals surface area contributed by atoms with Gasteiger partial charge in [0.15, 0.2) is 0 Å². The highest BCUT2D eigenvalue weighted by Gasteiger charge is 2.17. The van der Waals surface area contributed by atoms with Crippen molar-refractivity contribution in [1.82, 2.24) is 4.98 Å². The number of para-hydroxylation sites is 2. The van der Waals surface area contributed by atoms with Crippen molar-refractivity contribution in [2.45, 2.75) is 33.3 Å². The molecule has 0 saturated heterocycles. The zero-order valence-corrected chi connectivity index (χ0v) is 16.3. The summed E-state index contributed by atoms with van der Waals surface area (Å²) in [5, 5.41) is 3.73. The van der Waals surface area contributed by atoms with E-state index in [-0.39, 0.29) is 17.8 Å². The number of nitrogens with one attached hydrogen (secondary N) is 1. The van der Waals surface area contributed by atoms with E-state index in [1.807, 2.05) is 45.0 Å². The summed E-state index contributed by atoms with van der Waals surface area (Å²) in [6, 6.07) is 13.7. The molecule has 0 unspecified atom stereocenters. The molecule has 3 aromatic rings. The fraction of sp³-hybridized carbons (Fsp3) is 0.238. The van der Waals surface area contributed by atoms with Crippen LogP contribution in [0, 0.1) is 12.7 Å². The Morgan fingerprint density at radius 3 is 2.59 bits per heavy atom. The molecule has 0 aliphatic carbocycles. The van der Waals surface area contributed by atoms with Gasteiger partial charge in [0.1, 0.15) is 16.4 Å². The average Bonchev–Trinajstić information content (AvgIpc) is 2.98. The van der Waals surface area contributed by atoms with Gasteiger partial charge in [0.05, 0.1) is 22.5 Å². The predicted molar refractivity (Wildman–Crippen MR) is 106 cm³/mol. The molecule has 1 N–H and O–H groups in total. The molecule has 2 aromatic carbocycles. The van der Waals surface area contributed by atoms with E-state index in [0.29, 0.717) is 28.4 Å². The van der Waals surface area contributed by atoms with Crippen LogP contribution in [0.3, 0.4) is 0 Å². The number of ether oxygens (including phenoxy) is 1. The van der Waals surface area contributed by atoms with Gasteiger partial charge in [0.2, 0.25) is 0 Å². The number of thiazole rings is 1. The second-order valence-corrected chi connectivity index (χ2v) is 7.53. The van der Waals surface area contributed by atoms with Crippen molar-refractivity contribution in [3.8, 4) is 5.75 Å². The van der Waals surface area contributed by atoms with Crippen molar-refractivity contribution >= 4 is 22.9 Å². The minimum absolute atomic E-state index is 0.00973. The molecule has 4 nitrogen and oxygen atoms in total. The standard InChI is InChI=1S/C21H21FN2O2S/c1-13(2)26-18-7-5-4-6-17(18)24-21(25)20-14(3)23-19(27-20)12-15-8-10-16(22)11-9-15/h4-11,13H,12H2,1-3H3,(H,24,25). The molecule has 0 fully saturated rings. The van der Waals surface area contributed by atoms with E-state index in [0.717, 1.165) is 10.6 Å². The van der Waals surface area contributed by atoms with E-state index in [1.165, 1.54) is 23.5 Å². The van der Waals surface area contributed by atoms with Gasteiger partial charge < -0.3 is 10.1 Å². The molecule has 0 aliphatic rings. The van der Waals surface area contributed by atoms with E-state index in [2.05, 4.69) is 10.3 Å². The van der Waals surface area contributed by atoms with Crippen LogP contribution in [0.4, 0.5) is 10.1 Å². The van der Waals surface area contributed by atoms with Crippen LogP contribution in [0.1, 0.15) is 39.8 Å². The second-order valence-electron chi connectivity index (χ2n) is 6.44. The molecule has 3 rings (SSSR count). The van der Waals surface area contributed by atoms with E-state index in [4.69, 9.17) is 4.74 Å². The quantitative estimate of drug-likeness (QED) is 0.634. The third-order valence-electron chi connectivity index (χ3n) is 3.81. The number of aromatic nitrogens is 1. The summed E-state index contributed by atoms with van der Waals surface area (Å²) in [6.45, 7) is 5.69. The second kappa shape index (κ2) is 8.31.